The number of thioether (sulfide) groups is 1. The third-order valence-electron chi connectivity index (χ3n) is 7.86. The largest absolute Gasteiger partial charge is 0.457 e. The highest BCUT2D eigenvalue weighted by Crippen LogP contribution is 2.45. The molecule has 4 aliphatic rings. The van der Waals surface area contributed by atoms with Gasteiger partial charge in [0.05, 0.1) is 44.9 Å². The van der Waals surface area contributed by atoms with Crippen molar-refractivity contribution in [2.45, 2.75) is 62.0 Å². The SMILES string of the molecule is O=C(CCCC[C@@H]1SC[C@@H]2NC(=O)N[C@@H]21)NCCOCCOCCNC(=O)Nc1ccc2c(c1)C1OC(=O)CC1C2. The van der Waals surface area contributed by atoms with E-state index in [1.807, 2.05) is 30.0 Å². The fourth-order valence-corrected chi connectivity index (χ4v) is 7.41. The van der Waals surface area contributed by atoms with Crippen LogP contribution >= 0.6 is 11.8 Å². The Morgan fingerprint density at radius 2 is 1.80 bits per heavy atom. The van der Waals surface area contributed by atoms with Crippen molar-refractivity contribution >= 4 is 41.4 Å². The van der Waals surface area contributed by atoms with Crippen molar-refractivity contribution < 1.29 is 33.4 Å². The lowest BCUT2D eigenvalue weighted by Crippen LogP contribution is -2.36. The van der Waals surface area contributed by atoms with Crippen LogP contribution in [-0.4, -0.2) is 86.5 Å². The molecule has 5 rings (SSSR count). The van der Waals surface area contributed by atoms with Gasteiger partial charge in [0, 0.05) is 42.1 Å². The van der Waals surface area contributed by atoms with Gasteiger partial charge in [-0.3, -0.25) is 9.59 Å². The number of urea groups is 2. The van der Waals surface area contributed by atoms with Crippen LogP contribution in [0.4, 0.5) is 15.3 Å². The number of amides is 5. The molecule has 3 fully saturated rings. The van der Waals surface area contributed by atoms with Gasteiger partial charge in [-0.25, -0.2) is 9.59 Å². The number of rotatable bonds is 15. The van der Waals surface area contributed by atoms with Crippen LogP contribution in [0.15, 0.2) is 18.2 Å². The molecular formula is C28H39N5O7S. The van der Waals surface area contributed by atoms with E-state index < -0.39 is 0 Å². The first-order valence-electron chi connectivity index (χ1n) is 14.4. The zero-order valence-electron chi connectivity index (χ0n) is 23.1. The predicted molar refractivity (Wildman–Crippen MR) is 153 cm³/mol. The molecule has 224 valence electrons. The van der Waals surface area contributed by atoms with Crippen molar-refractivity contribution in [3.05, 3.63) is 29.3 Å². The van der Waals surface area contributed by atoms with E-state index in [0.717, 1.165) is 37.0 Å². The maximum atomic E-state index is 12.2. The summed E-state index contributed by atoms with van der Waals surface area (Å²) in [6.45, 7) is 2.35. The Bertz CT molecular complexity index is 1120. The van der Waals surface area contributed by atoms with Crippen molar-refractivity contribution in [3.63, 3.8) is 0 Å². The molecule has 12 nitrogen and oxygen atoms in total. The Morgan fingerprint density at radius 3 is 2.63 bits per heavy atom. The van der Waals surface area contributed by atoms with E-state index in [2.05, 4.69) is 26.6 Å². The van der Waals surface area contributed by atoms with E-state index >= 15 is 0 Å². The van der Waals surface area contributed by atoms with Gasteiger partial charge in [0.2, 0.25) is 5.91 Å². The highest BCUT2D eigenvalue weighted by atomic mass is 32.2. The van der Waals surface area contributed by atoms with E-state index in [1.165, 1.54) is 5.56 Å². The molecule has 2 unspecified atom stereocenters. The summed E-state index contributed by atoms with van der Waals surface area (Å²) in [5.74, 6) is 1.02. The molecule has 0 radical (unpaired) electrons. The molecule has 0 aromatic heterocycles. The molecule has 13 heteroatoms. The number of hydrogen-bond donors (Lipinski definition) is 5. The summed E-state index contributed by atoms with van der Waals surface area (Å²) in [7, 11) is 0. The number of ether oxygens (including phenoxy) is 3. The van der Waals surface area contributed by atoms with Crippen molar-refractivity contribution in [3.8, 4) is 0 Å². The third-order valence-corrected chi connectivity index (χ3v) is 9.37. The minimum Gasteiger partial charge on any atom is -0.457 e. The second-order valence-corrected chi connectivity index (χ2v) is 12.1. The van der Waals surface area contributed by atoms with Crippen LogP contribution in [0.5, 0.6) is 0 Å². The maximum absolute atomic E-state index is 12.2. The van der Waals surface area contributed by atoms with Gasteiger partial charge < -0.3 is 40.8 Å². The van der Waals surface area contributed by atoms with Gasteiger partial charge in [0.1, 0.15) is 6.10 Å². The van der Waals surface area contributed by atoms with Gasteiger partial charge >= 0.3 is 18.0 Å². The monoisotopic (exact) mass is 589 g/mol. The number of carbonyl (C=O) groups excluding carboxylic acids is 4. The molecule has 0 bridgehead atoms. The zero-order chi connectivity index (χ0) is 28.6. The Balaban J connectivity index is 0.821. The average molecular weight is 590 g/mol. The Hall–Kier alpha value is -3.03. The van der Waals surface area contributed by atoms with Gasteiger partial charge in [0.15, 0.2) is 0 Å². The molecule has 1 aromatic rings. The van der Waals surface area contributed by atoms with Gasteiger partial charge in [-0.05, 0) is 42.5 Å². The zero-order valence-corrected chi connectivity index (χ0v) is 23.9. The standard InChI is InChI=1S/C28H39N5O7S/c34-23(4-2-1-3-22-25-21(16-41-22)32-28(37)33-25)29-7-9-38-11-12-39-10-8-30-27(36)31-19-6-5-17-13-18-14-24(35)40-26(18)20(17)15-19/h5-6,15,18,21-22,25-26H,1-4,7-14,16H2,(H,29,34)(H2,30,31,36)(H2,32,33,37)/t18?,21-,22-,25-,26?/m0/s1. The minimum absolute atomic E-state index is 0.0213. The summed E-state index contributed by atoms with van der Waals surface area (Å²) in [6.07, 6.45) is 4.36. The minimum atomic E-state index is -0.329. The Labute approximate surface area is 243 Å². The van der Waals surface area contributed by atoms with E-state index in [4.69, 9.17) is 14.2 Å². The van der Waals surface area contributed by atoms with Gasteiger partial charge in [-0.2, -0.15) is 11.8 Å². The molecule has 0 spiro atoms. The van der Waals surface area contributed by atoms with Crippen molar-refractivity contribution in [1.82, 2.24) is 21.3 Å². The van der Waals surface area contributed by atoms with E-state index in [9.17, 15) is 19.2 Å². The number of nitrogens with one attached hydrogen (secondary N) is 5. The lowest BCUT2D eigenvalue weighted by molar-refractivity contribution is -0.141. The second-order valence-electron chi connectivity index (χ2n) is 10.8. The highest BCUT2D eigenvalue weighted by molar-refractivity contribution is 8.00. The smallest absolute Gasteiger partial charge is 0.319 e. The predicted octanol–water partition coefficient (Wildman–Crippen LogP) is 1.84. The van der Waals surface area contributed by atoms with Gasteiger partial charge in [-0.15, -0.1) is 0 Å². The van der Waals surface area contributed by atoms with Crippen molar-refractivity contribution in [1.29, 1.82) is 0 Å². The molecule has 0 saturated carbocycles. The fraction of sp³-hybridized carbons (Fsp3) is 0.643. The van der Waals surface area contributed by atoms with Crippen LogP contribution < -0.4 is 26.6 Å². The van der Waals surface area contributed by atoms with Crippen LogP contribution in [0.2, 0.25) is 0 Å². The average Bonchev–Trinajstić information content (AvgIpc) is 3.68. The molecule has 41 heavy (non-hydrogen) atoms. The van der Waals surface area contributed by atoms with Gasteiger partial charge in [-0.1, -0.05) is 12.5 Å². The number of benzene rings is 1. The van der Waals surface area contributed by atoms with E-state index in [-0.39, 0.29) is 48.0 Å². The molecule has 1 aromatic carbocycles. The fourth-order valence-electron chi connectivity index (χ4n) is 5.87. The van der Waals surface area contributed by atoms with Crippen molar-refractivity contribution in [2.75, 3.05) is 50.6 Å². The number of hydrogen-bond acceptors (Lipinski definition) is 8. The molecule has 5 amide bonds. The quantitative estimate of drug-likeness (QED) is 0.118. The van der Waals surface area contributed by atoms with Gasteiger partial charge in [0.25, 0.3) is 0 Å². The van der Waals surface area contributed by atoms with Crippen LogP contribution in [0.25, 0.3) is 0 Å². The summed E-state index contributed by atoms with van der Waals surface area (Å²) in [5.41, 5.74) is 2.80. The first-order chi connectivity index (χ1) is 20.0. The van der Waals surface area contributed by atoms with Crippen LogP contribution in [0.1, 0.15) is 49.3 Å². The lowest BCUT2D eigenvalue weighted by atomic mass is 10.0. The normalized spacial score (nSPS) is 25.5. The molecule has 3 saturated heterocycles. The summed E-state index contributed by atoms with van der Waals surface area (Å²) in [5, 5.41) is 14.8. The van der Waals surface area contributed by atoms with E-state index in [0.29, 0.717) is 63.3 Å². The van der Waals surface area contributed by atoms with Crippen LogP contribution in [-0.2, 0) is 30.2 Å². The Morgan fingerprint density at radius 1 is 1.00 bits per heavy atom. The number of carbonyl (C=O) groups is 4. The second kappa shape index (κ2) is 14.2. The Kier molecular flexibility index (Phi) is 10.2. The first kappa shape index (κ1) is 29.5. The lowest BCUT2D eigenvalue weighted by Gasteiger charge is -2.16. The summed E-state index contributed by atoms with van der Waals surface area (Å²) in [6, 6.07) is 5.78. The number of unbranched alkanes of at least 4 members (excludes halogenated alkanes) is 1. The summed E-state index contributed by atoms with van der Waals surface area (Å²) < 4.78 is 16.4. The molecule has 1 aliphatic carbocycles. The summed E-state index contributed by atoms with van der Waals surface area (Å²) in [4.78, 5) is 47.2. The maximum Gasteiger partial charge on any atom is 0.319 e. The molecule has 3 aliphatic heterocycles. The van der Waals surface area contributed by atoms with E-state index in [1.54, 1.807) is 0 Å². The highest BCUT2D eigenvalue weighted by Gasteiger charge is 2.43. The molecular weight excluding hydrogens is 550 g/mol. The third kappa shape index (κ3) is 8.04. The topological polar surface area (TPSA) is 156 Å². The molecule has 3 heterocycles. The molecule has 5 N–H and O–H groups in total. The summed E-state index contributed by atoms with van der Waals surface area (Å²) >= 11 is 1.89. The number of anilines is 1. The van der Waals surface area contributed by atoms with Crippen molar-refractivity contribution in [2.24, 2.45) is 5.92 Å². The number of fused-ring (bicyclic) bond motifs is 4. The van der Waals surface area contributed by atoms with Crippen LogP contribution in [0.3, 0.4) is 0 Å². The molecule has 5 atom stereocenters. The van der Waals surface area contributed by atoms with Crippen LogP contribution in [0, 0.1) is 5.92 Å². The first-order valence-corrected chi connectivity index (χ1v) is 15.5. The number of esters is 1.